The number of hydrogen-bond donors (Lipinski definition) is 0. The van der Waals surface area contributed by atoms with Gasteiger partial charge >= 0.3 is 5.97 Å². The van der Waals surface area contributed by atoms with Crippen molar-refractivity contribution < 1.29 is 14.3 Å². The molecular formula is C19H19NO3. The number of rotatable bonds is 3. The minimum absolute atomic E-state index is 0.144. The van der Waals surface area contributed by atoms with Gasteiger partial charge in [-0.2, -0.15) is 0 Å². The van der Waals surface area contributed by atoms with Crippen LogP contribution in [0, 0.1) is 13.8 Å². The summed E-state index contributed by atoms with van der Waals surface area (Å²) in [6, 6.07) is 12.7. The second kappa shape index (κ2) is 6.24. The summed E-state index contributed by atoms with van der Waals surface area (Å²) in [7, 11) is 0. The highest BCUT2D eigenvalue weighted by Crippen LogP contribution is 2.24. The van der Waals surface area contributed by atoms with Gasteiger partial charge in [0.15, 0.2) is 0 Å². The molecule has 0 N–H and O–H groups in total. The van der Waals surface area contributed by atoms with E-state index in [0.29, 0.717) is 17.7 Å². The number of ether oxygens (including phenoxy) is 1. The summed E-state index contributed by atoms with van der Waals surface area (Å²) in [5.41, 5.74) is 3.40. The zero-order valence-corrected chi connectivity index (χ0v) is 13.3. The van der Waals surface area contributed by atoms with Gasteiger partial charge in [0.25, 0.3) is 0 Å². The van der Waals surface area contributed by atoms with Crippen LogP contribution in [0.4, 0.5) is 5.69 Å². The lowest BCUT2D eigenvalue weighted by atomic mass is 10.0. The van der Waals surface area contributed by atoms with Crippen LogP contribution in [0.2, 0.25) is 0 Å². The molecule has 1 fully saturated rings. The van der Waals surface area contributed by atoms with E-state index in [1.54, 1.807) is 23.1 Å². The summed E-state index contributed by atoms with van der Waals surface area (Å²) in [5, 5.41) is 0. The van der Waals surface area contributed by atoms with Crippen molar-refractivity contribution in [1.29, 1.82) is 0 Å². The van der Waals surface area contributed by atoms with E-state index in [0.717, 1.165) is 29.8 Å². The van der Waals surface area contributed by atoms with Crippen molar-refractivity contribution >= 4 is 17.6 Å². The van der Waals surface area contributed by atoms with E-state index >= 15 is 0 Å². The molecular weight excluding hydrogens is 290 g/mol. The van der Waals surface area contributed by atoms with Crippen LogP contribution in [0.25, 0.3) is 0 Å². The lowest BCUT2D eigenvalue weighted by molar-refractivity contribution is -0.117. The van der Waals surface area contributed by atoms with Gasteiger partial charge in [0.1, 0.15) is 5.75 Å². The third-order valence-electron chi connectivity index (χ3n) is 4.26. The van der Waals surface area contributed by atoms with Gasteiger partial charge in [-0.05, 0) is 61.7 Å². The fraction of sp³-hybridized carbons (Fsp3) is 0.263. The van der Waals surface area contributed by atoms with Gasteiger partial charge < -0.3 is 9.64 Å². The lowest BCUT2D eigenvalue weighted by Gasteiger charge is -2.16. The molecule has 0 spiro atoms. The maximum atomic E-state index is 12.3. The molecule has 118 valence electrons. The molecule has 1 heterocycles. The molecule has 0 bridgehead atoms. The highest BCUT2D eigenvalue weighted by atomic mass is 16.5. The molecule has 0 atom stereocenters. The molecule has 1 aliphatic heterocycles. The first-order valence-electron chi connectivity index (χ1n) is 7.75. The molecule has 2 aromatic rings. The Bertz CT molecular complexity index is 750. The van der Waals surface area contributed by atoms with Crippen LogP contribution >= 0.6 is 0 Å². The van der Waals surface area contributed by atoms with Crippen molar-refractivity contribution in [2.45, 2.75) is 26.7 Å². The van der Waals surface area contributed by atoms with E-state index in [9.17, 15) is 9.59 Å². The molecule has 1 saturated heterocycles. The molecule has 0 aromatic heterocycles. The lowest BCUT2D eigenvalue weighted by Crippen LogP contribution is -2.23. The molecule has 4 heteroatoms. The van der Waals surface area contributed by atoms with Gasteiger partial charge in [0.2, 0.25) is 5.91 Å². The summed E-state index contributed by atoms with van der Waals surface area (Å²) in [5.74, 6) is 0.257. The molecule has 0 aliphatic carbocycles. The largest absolute Gasteiger partial charge is 0.423 e. The molecule has 23 heavy (non-hydrogen) atoms. The number of amides is 1. The van der Waals surface area contributed by atoms with Crippen molar-refractivity contribution in [2.75, 3.05) is 11.4 Å². The molecule has 0 unspecified atom stereocenters. The van der Waals surface area contributed by atoms with E-state index in [4.69, 9.17) is 4.74 Å². The fourth-order valence-electron chi connectivity index (χ4n) is 2.75. The minimum Gasteiger partial charge on any atom is -0.423 e. The second-order valence-corrected chi connectivity index (χ2v) is 5.78. The number of hydrogen-bond acceptors (Lipinski definition) is 3. The Morgan fingerprint density at radius 1 is 1.09 bits per heavy atom. The molecule has 1 aliphatic rings. The summed E-state index contributed by atoms with van der Waals surface area (Å²) in [4.78, 5) is 25.8. The third kappa shape index (κ3) is 3.11. The van der Waals surface area contributed by atoms with Gasteiger partial charge in [0, 0.05) is 18.7 Å². The Hall–Kier alpha value is -2.62. The first-order valence-corrected chi connectivity index (χ1v) is 7.75. The van der Waals surface area contributed by atoms with Crippen LogP contribution in [0.1, 0.15) is 34.3 Å². The van der Waals surface area contributed by atoms with Crippen LogP contribution in [-0.4, -0.2) is 18.4 Å². The van der Waals surface area contributed by atoms with Crippen LogP contribution in [-0.2, 0) is 4.79 Å². The predicted octanol–water partition coefficient (Wildman–Crippen LogP) is 3.65. The zero-order chi connectivity index (χ0) is 16.4. The quantitative estimate of drug-likeness (QED) is 0.642. The normalized spacial score (nSPS) is 14.2. The Morgan fingerprint density at radius 3 is 2.48 bits per heavy atom. The fourth-order valence-corrected chi connectivity index (χ4v) is 2.75. The van der Waals surface area contributed by atoms with Gasteiger partial charge in [-0.25, -0.2) is 4.79 Å². The van der Waals surface area contributed by atoms with E-state index in [-0.39, 0.29) is 11.9 Å². The van der Waals surface area contributed by atoms with E-state index < -0.39 is 0 Å². The third-order valence-corrected chi connectivity index (χ3v) is 4.26. The maximum Gasteiger partial charge on any atom is 0.343 e. The van der Waals surface area contributed by atoms with Gasteiger partial charge in [-0.1, -0.05) is 12.1 Å². The average Bonchev–Trinajstić information content (AvgIpc) is 2.97. The number of benzene rings is 2. The SMILES string of the molecule is Cc1cccc(C(=O)Oc2ccc(N3CCCC3=O)cc2)c1C. The molecule has 1 amide bonds. The van der Waals surface area contributed by atoms with Crippen molar-refractivity contribution in [3.8, 4) is 5.75 Å². The number of esters is 1. The van der Waals surface area contributed by atoms with E-state index in [1.807, 2.05) is 38.1 Å². The number of carbonyl (C=O) groups is 2. The molecule has 0 saturated carbocycles. The van der Waals surface area contributed by atoms with Crippen LogP contribution in [0.15, 0.2) is 42.5 Å². The highest BCUT2D eigenvalue weighted by Gasteiger charge is 2.21. The topological polar surface area (TPSA) is 46.6 Å². The number of nitrogens with zero attached hydrogens (tertiary/aromatic N) is 1. The van der Waals surface area contributed by atoms with E-state index in [1.165, 1.54) is 0 Å². The van der Waals surface area contributed by atoms with Crippen molar-refractivity contribution in [3.63, 3.8) is 0 Å². The molecule has 3 rings (SSSR count). The van der Waals surface area contributed by atoms with Crippen molar-refractivity contribution in [3.05, 3.63) is 59.2 Å². The standard InChI is InChI=1S/C19H19NO3/c1-13-5-3-6-17(14(13)2)19(22)23-16-10-8-15(9-11-16)20-12-4-7-18(20)21/h3,5-6,8-11H,4,7,12H2,1-2H3. The van der Waals surface area contributed by atoms with Gasteiger partial charge in [0.05, 0.1) is 5.56 Å². The molecule has 4 nitrogen and oxygen atoms in total. The first kappa shape index (κ1) is 15.3. The van der Waals surface area contributed by atoms with Gasteiger partial charge in [-0.15, -0.1) is 0 Å². The summed E-state index contributed by atoms with van der Waals surface area (Å²) < 4.78 is 5.44. The summed E-state index contributed by atoms with van der Waals surface area (Å²) in [6.45, 7) is 4.63. The van der Waals surface area contributed by atoms with E-state index in [2.05, 4.69) is 0 Å². The van der Waals surface area contributed by atoms with Crippen LogP contribution in [0.3, 0.4) is 0 Å². The Labute approximate surface area is 135 Å². The van der Waals surface area contributed by atoms with Crippen molar-refractivity contribution in [1.82, 2.24) is 0 Å². The zero-order valence-electron chi connectivity index (χ0n) is 13.3. The van der Waals surface area contributed by atoms with Crippen molar-refractivity contribution in [2.24, 2.45) is 0 Å². The Balaban J connectivity index is 1.74. The minimum atomic E-state index is -0.365. The maximum absolute atomic E-state index is 12.3. The smallest absolute Gasteiger partial charge is 0.343 e. The Kier molecular flexibility index (Phi) is 4.15. The monoisotopic (exact) mass is 309 g/mol. The van der Waals surface area contributed by atoms with Crippen LogP contribution < -0.4 is 9.64 Å². The molecule has 2 aromatic carbocycles. The predicted molar refractivity (Wildman–Crippen MR) is 88.9 cm³/mol. The molecule has 0 radical (unpaired) electrons. The first-order chi connectivity index (χ1) is 11.1. The van der Waals surface area contributed by atoms with Gasteiger partial charge in [-0.3, -0.25) is 4.79 Å². The average molecular weight is 309 g/mol. The Morgan fingerprint density at radius 2 is 1.83 bits per heavy atom. The second-order valence-electron chi connectivity index (χ2n) is 5.78. The number of carbonyl (C=O) groups excluding carboxylic acids is 2. The summed E-state index contributed by atoms with van der Waals surface area (Å²) in [6.07, 6.45) is 1.49. The highest BCUT2D eigenvalue weighted by molar-refractivity contribution is 5.95. The van der Waals surface area contributed by atoms with Crippen LogP contribution in [0.5, 0.6) is 5.75 Å². The number of anilines is 1. The summed E-state index contributed by atoms with van der Waals surface area (Å²) >= 11 is 0. The number of aryl methyl sites for hydroxylation is 1.